The third-order valence-electron chi connectivity index (χ3n) is 5.28. The summed E-state index contributed by atoms with van der Waals surface area (Å²) in [5, 5.41) is 13.7. The van der Waals surface area contributed by atoms with Crippen LogP contribution in [0, 0.1) is 0 Å². The van der Waals surface area contributed by atoms with Gasteiger partial charge < -0.3 is 19.9 Å². The zero-order valence-corrected chi connectivity index (χ0v) is 15.9. The number of aliphatic hydroxyl groups is 1. The number of aliphatic hydroxyl groups excluding tert-OH is 1. The fourth-order valence-electron chi connectivity index (χ4n) is 3.87. The molecule has 0 spiro atoms. The molecule has 0 saturated heterocycles. The van der Waals surface area contributed by atoms with Crippen molar-refractivity contribution in [3.8, 4) is 0 Å². The molecule has 0 atom stereocenters. The molecule has 0 saturated carbocycles. The topological polar surface area (TPSA) is 53.3 Å². The summed E-state index contributed by atoms with van der Waals surface area (Å²) in [6, 6.07) is 10.6. The van der Waals surface area contributed by atoms with E-state index in [0.29, 0.717) is 6.54 Å². The summed E-state index contributed by atoms with van der Waals surface area (Å²) >= 11 is 0. The van der Waals surface area contributed by atoms with Crippen LogP contribution < -0.4 is 5.32 Å². The predicted octanol–water partition coefficient (Wildman–Crippen LogP) is 3.45. The van der Waals surface area contributed by atoms with Crippen molar-refractivity contribution in [1.82, 2.24) is 14.5 Å². The Morgan fingerprint density at radius 1 is 1.26 bits per heavy atom. The molecule has 0 fully saturated rings. The van der Waals surface area contributed by atoms with Crippen molar-refractivity contribution < 1.29 is 5.11 Å². The number of benzene rings is 1. The number of likely N-dealkylation sites (N-methyl/N-ethyl adjacent to an activating group) is 1. The first kappa shape index (κ1) is 17.8. The van der Waals surface area contributed by atoms with Crippen molar-refractivity contribution >= 4 is 28.4 Å². The van der Waals surface area contributed by atoms with Crippen LogP contribution >= 0.6 is 0 Å². The zero-order chi connectivity index (χ0) is 18.8. The number of anilines is 1. The largest absolute Gasteiger partial charge is 0.395 e. The lowest BCUT2D eigenvalue weighted by Gasteiger charge is -2.23. The maximum absolute atomic E-state index is 9.09. The van der Waals surface area contributed by atoms with E-state index in [-0.39, 0.29) is 6.61 Å². The Hall–Kier alpha value is -2.63. The number of nitrogens with zero attached hydrogens (tertiary/aromatic N) is 3. The first-order valence-corrected chi connectivity index (χ1v) is 9.45. The van der Waals surface area contributed by atoms with Gasteiger partial charge in [0.1, 0.15) is 0 Å². The highest BCUT2D eigenvalue weighted by Crippen LogP contribution is 2.33. The number of pyridine rings is 1. The van der Waals surface area contributed by atoms with Gasteiger partial charge in [-0.05, 0) is 61.0 Å². The third-order valence-corrected chi connectivity index (χ3v) is 5.28. The summed E-state index contributed by atoms with van der Waals surface area (Å²) in [5.41, 5.74) is 7.51. The van der Waals surface area contributed by atoms with Gasteiger partial charge in [-0.2, -0.15) is 0 Å². The summed E-state index contributed by atoms with van der Waals surface area (Å²) in [4.78, 5) is 6.50. The number of rotatable bonds is 5. The van der Waals surface area contributed by atoms with Crippen molar-refractivity contribution in [2.75, 3.05) is 32.1 Å². The van der Waals surface area contributed by atoms with Crippen LogP contribution in [-0.4, -0.2) is 46.3 Å². The smallest absolute Gasteiger partial charge is 0.0604 e. The van der Waals surface area contributed by atoms with Gasteiger partial charge in [-0.15, -0.1) is 0 Å². The van der Waals surface area contributed by atoms with Crippen LogP contribution in [0.3, 0.4) is 0 Å². The lowest BCUT2D eigenvalue weighted by Crippen LogP contribution is -2.26. The fourth-order valence-corrected chi connectivity index (χ4v) is 3.87. The molecule has 3 aromatic rings. The van der Waals surface area contributed by atoms with E-state index in [9.17, 15) is 0 Å². The molecule has 1 aliphatic rings. The minimum atomic E-state index is 0.133. The third kappa shape index (κ3) is 3.48. The Morgan fingerprint density at radius 2 is 2.07 bits per heavy atom. The molecule has 1 aliphatic heterocycles. The molecule has 0 amide bonds. The van der Waals surface area contributed by atoms with E-state index in [2.05, 4.69) is 70.3 Å². The molecule has 1 aromatic carbocycles. The molecule has 0 bridgehead atoms. The molecule has 27 heavy (non-hydrogen) atoms. The number of fused-ring (bicyclic) bond motifs is 3. The highest BCUT2D eigenvalue weighted by molar-refractivity contribution is 5.92. The van der Waals surface area contributed by atoms with Gasteiger partial charge in [-0.25, -0.2) is 0 Å². The SMILES string of the molecule is CC(=Cn1c2c(c3cc(NCCO)ccc31)CN(C)CC2)c1ccncc1. The van der Waals surface area contributed by atoms with Crippen LogP contribution in [0.4, 0.5) is 5.69 Å². The van der Waals surface area contributed by atoms with E-state index in [0.717, 1.165) is 25.2 Å². The minimum absolute atomic E-state index is 0.133. The van der Waals surface area contributed by atoms with Crippen LogP contribution in [0.25, 0.3) is 22.7 Å². The normalized spacial score (nSPS) is 15.1. The molecular weight excluding hydrogens is 336 g/mol. The summed E-state index contributed by atoms with van der Waals surface area (Å²) in [7, 11) is 2.18. The number of hydrogen-bond acceptors (Lipinski definition) is 4. The van der Waals surface area contributed by atoms with Crippen molar-refractivity contribution in [3.05, 3.63) is 59.5 Å². The van der Waals surface area contributed by atoms with Crippen molar-refractivity contribution in [2.45, 2.75) is 19.9 Å². The quantitative estimate of drug-likeness (QED) is 0.730. The van der Waals surface area contributed by atoms with Crippen LogP contribution in [0.5, 0.6) is 0 Å². The van der Waals surface area contributed by atoms with Crippen LogP contribution in [0.1, 0.15) is 23.7 Å². The fraction of sp³-hybridized carbons (Fsp3) is 0.318. The van der Waals surface area contributed by atoms with Gasteiger partial charge in [0, 0.05) is 61.4 Å². The average Bonchev–Trinajstić information content (AvgIpc) is 2.99. The van der Waals surface area contributed by atoms with Crippen LogP contribution in [0.15, 0.2) is 42.7 Å². The molecule has 140 valence electrons. The van der Waals surface area contributed by atoms with Gasteiger partial charge in [0.2, 0.25) is 0 Å². The van der Waals surface area contributed by atoms with Crippen molar-refractivity contribution in [3.63, 3.8) is 0 Å². The predicted molar refractivity (Wildman–Crippen MR) is 112 cm³/mol. The zero-order valence-electron chi connectivity index (χ0n) is 15.9. The highest BCUT2D eigenvalue weighted by Gasteiger charge is 2.22. The van der Waals surface area contributed by atoms with E-state index in [4.69, 9.17) is 5.11 Å². The minimum Gasteiger partial charge on any atom is -0.395 e. The van der Waals surface area contributed by atoms with Crippen molar-refractivity contribution in [1.29, 1.82) is 0 Å². The standard InChI is InChI=1S/C22H26N4O/c1-16(17-5-8-23-9-6-17)14-26-21-4-3-18(24-10-12-27)13-19(21)20-15-25(2)11-7-22(20)26/h3-6,8-9,13-14,24,27H,7,10-12,15H2,1-2H3. The molecule has 0 radical (unpaired) electrons. The number of nitrogens with one attached hydrogen (secondary N) is 1. The molecule has 5 nitrogen and oxygen atoms in total. The maximum atomic E-state index is 9.09. The molecule has 3 heterocycles. The first-order valence-electron chi connectivity index (χ1n) is 9.45. The van der Waals surface area contributed by atoms with E-state index in [1.807, 2.05) is 12.4 Å². The Morgan fingerprint density at radius 3 is 2.85 bits per heavy atom. The van der Waals surface area contributed by atoms with Gasteiger partial charge in [0.05, 0.1) is 12.1 Å². The molecule has 0 aliphatic carbocycles. The van der Waals surface area contributed by atoms with Crippen LogP contribution in [-0.2, 0) is 13.0 Å². The van der Waals surface area contributed by atoms with Crippen molar-refractivity contribution in [2.24, 2.45) is 0 Å². The molecular formula is C22H26N4O. The van der Waals surface area contributed by atoms with Gasteiger partial charge in [-0.3, -0.25) is 4.98 Å². The Balaban J connectivity index is 1.85. The number of allylic oxidation sites excluding steroid dienone is 1. The molecule has 0 unspecified atom stereocenters. The molecule has 4 rings (SSSR count). The van der Waals surface area contributed by atoms with E-state index in [1.165, 1.54) is 33.3 Å². The number of hydrogen-bond donors (Lipinski definition) is 2. The molecule has 2 N–H and O–H groups in total. The first-order chi connectivity index (χ1) is 13.2. The summed E-state index contributed by atoms with van der Waals surface area (Å²) < 4.78 is 2.36. The Bertz CT molecular complexity index is 975. The Labute approximate surface area is 160 Å². The van der Waals surface area contributed by atoms with E-state index < -0.39 is 0 Å². The second kappa shape index (κ2) is 7.55. The number of aromatic nitrogens is 2. The van der Waals surface area contributed by atoms with Crippen LogP contribution in [0.2, 0.25) is 0 Å². The lowest BCUT2D eigenvalue weighted by atomic mass is 10.0. The molecule has 2 aromatic heterocycles. The van der Waals surface area contributed by atoms with Gasteiger partial charge >= 0.3 is 0 Å². The molecule has 5 heteroatoms. The van der Waals surface area contributed by atoms with E-state index >= 15 is 0 Å². The maximum Gasteiger partial charge on any atom is 0.0604 e. The van der Waals surface area contributed by atoms with E-state index in [1.54, 1.807) is 0 Å². The summed E-state index contributed by atoms with van der Waals surface area (Å²) in [6.45, 7) is 4.88. The van der Waals surface area contributed by atoms with Gasteiger partial charge in [-0.1, -0.05) is 0 Å². The monoisotopic (exact) mass is 362 g/mol. The highest BCUT2D eigenvalue weighted by atomic mass is 16.3. The average molecular weight is 362 g/mol. The summed E-state index contributed by atoms with van der Waals surface area (Å²) in [5.74, 6) is 0. The second-order valence-electron chi connectivity index (χ2n) is 7.21. The van der Waals surface area contributed by atoms with Gasteiger partial charge in [0.25, 0.3) is 0 Å². The van der Waals surface area contributed by atoms with Gasteiger partial charge in [0.15, 0.2) is 0 Å². The Kier molecular flexibility index (Phi) is 4.97. The summed E-state index contributed by atoms with van der Waals surface area (Å²) in [6.07, 6.45) is 6.97. The second-order valence-corrected chi connectivity index (χ2v) is 7.21. The lowest BCUT2D eigenvalue weighted by molar-refractivity contribution is 0.311.